The first-order chi connectivity index (χ1) is 12.3. The van der Waals surface area contributed by atoms with E-state index in [4.69, 9.17) is 16.3 Å². The van der Waals surface area contributed by atoms with E-state index in [2.05, 4.69) is 11.1 Å². The highest BCUT2D eigenvalue weighted by Gasteiger charge is 2.16. The lowest BCUT2D eigenvalue weighted by molar-refractivity contribution is 0.189. The van der Waals surface area contributed by atoms with Gasteiger partial charge in [-0.2, -0.15) is 5.26 Å². The molecule has 0 saturated carbocycles. The smallest absolute Gasteiger partial charge is 0.139 e. The minimum atomic E-state index is -0.143. The number of nitriles is 1. The summed E-state index contributed by atoms with van der Waals surface area (Å²) >= 11 is 6.08. The second-order valence-corrected chi connectivity index (χ2v) is 6.15. The van der Waals surface area contributed by atoms with Gasteiger partial charge in [0.2, 0.25) is 0 Å². The van der Waals surface area contributed by atoms with Gasteiger partial charge in [-0.3, -0.25) is 0 Å². The number of rotatable bonds is 7. The molecule has 0 amide bonds. The van der Waals surface area contributed by atoms with Gasteiger partial charge < -0.3 is 9.30 Å². The van der Waals surface area contributed by atoms with Gasteiger partial charge >= 0.3 is 0 Å². The summed E-state index contributed by atoms with van der Waals surface area (Å²) in [6, 6.07) is 17.3. The number of benzene rings is 2. The lowest BCUT2D eigenvalue weighted by Crippen LogP contribution is -2.10. The van der Waals surface area contributed by atoms with Crippen molar-refractivity contribution in [2.24, 2.45) is 0 Å². The molecule has 2 aromatic carbocycles. The number of hydrogen-bond acceptors (Lipinski definition) is 3. The first kappa shape index (κ1) is 17.1. The van der Waals surface area contributed by atoms with E-state index in [0.29, 0.717) is 16.3 Å². The van der Waals surface area contributed by atoms with Crippen molar-refractivity contribution in [2.75, 3.05) is 0 Å². The molecule has 0 fully saturated rings. The second kappa shape index (κ2) is 8.36. The highest BCUT2D eigenvalue weighted by Crippen LogP contribution is 2.30. The topological polar surface area (TPSA) is 50.8 Å². The van der Waals surface area contributed by atoms with Gasteiger partial charge in [0, 0.05) is 30.0 Å². The lowest BCUT2D eigenvalue weighted by atomic mass is 10.0. The molecule has 1 heterocycles. The van der Waals surface area contributed by atoms with Crippen LogP contribution >= 0.6 is 11.6 Å². The molecular weight excluding hydrogens is 334 g/mol. The van der Waals surface area contributed by atoms with Crippen LogP contribution in [0.25, 0.3) is 0 Å². The number of halogens is 1. The zero-order valence-electron chi connectivity index (χ0n) is 13.7. The summed E-state index contributed by atoms with van der Waals surface area (Å²) in [5.41, 5.74) is 1.57. The zero-order valence-corrected chi connectivity index (χ0v) is 14.4. The van der Waals surface area contributed by atoms with Gasteiger partial charge in [-0.05, 0) is 30.5 Å². The summed E-state index contributed by atoms with van der Waals surface area (Å²) in [6.07, 6.45) is 7.14. The SMILES string of the molecule is N#Cc1ccc(Cl)cc1O[C@H](CCCn1ccnc1)c1ccccc1. The molecule has 3 rings (SSSR count). The molecular formula is C20H18ClN3O. The predicted octanol–water partition coefficient (Wildman–Crippen LogP) is 5.01. The molecule has 3 aromatic rings. The Morgan fingerprint density at radius 2 is 2.04 bits per heavy atom. The van der Waals surface area contributed by atoms with E-state index in [0.717, 1.165) is 24.9 Å². The van der Waals surface area contributed by atoms with Crippen molar-refractivity contribution in [1.29, 1.82) is 5.26 Å². The maximum absolute atomic E-state index is 9.31. The summed E-state index contributed by atoms with van der Waals surface area (Å²) in [5, 5.41) is 9.87. The average Bonchev–Trinajstić information content (AvgIpc) is 3.15. The van der Waals surface area contributed by atoms with Crippen LogP contribution in [-0.2, 0) is 6.54 Å². The normalized spacial score (nSPS) is 11.7. The number of imidazole rings is 1. The first-order valence-electron chi connectivity index (χ1n) is 8.13. The van der Waals surface area contributed by atoms with E-state index >= 15 is 0 Å². The van der Waals surface area contributed by atoms with Gasteiger partial charge in [-0.1, -0.05) is 41.9 Å². The van der Waals surface area contributed by atoms with Gasteiger partial charge in [0.25, 0.3) is 0 Å². The molecule has 0 aliphatic heterocycles. The summed E-state index contributed by atoms with van der Waals surface area (Å²) < 4.78 is 8.23. The van der Waals surface area contributed by atoms with E-state index in [1.54, 1.807) is 24.4 Å². The average molecular weight is 352 g/mol. The fraction of sp³-hybridized carbons (Fsp3) is 0.200. The van der Waals surface area contributed by atoms with Gasteiger partial charge in [0.1, 0.15) is 17.9 Å². The van der Waals surface area contributed by atoms with Crippen LogP contribution in [0.5, 0.6) is 5.75 Å². The molecule has 0 N–H and O–H groups in total. The fourth-order valence-electron chi connectivity index (χ4n) is 2.68. The summed E-state index contributed by atoms with van der Waals surface area (Å²) in [5.74, 6) is 0.520. The highest BCUT2D eigenvalue weighted by atomic mass is 35.5. The van der Waals surface area contributed by atoms with E-state index < -0.39 is 0 Å². The Morgan fingerprint density at radius 3 is 2.76 bits per heavy atom. The summed E-state index contributed by atoms with van der Waals surface area (Å²) in [7, 11) is 0. The predicted molar refractivity (Wildman–Crippen MR) is 97.4 cm³/mol. The largest absolute Gasteiger partial charge is 0.484 e. The zero-order chi connectivity index (χ0) is 17.5. The molecule has 5 heteroatoms. The minimum Gasteiger partial charge on any atom is -0.484 e. The van der Waals surface area contributed by atoms with Crippen LogP contribution in [0.1, 0.15) is 30.1 Å². The Hall–Kier alpha value is -2.77. The van der Waals surface area contributed by atoms with Gasteiger partial charge in [0.05, 0.1) is 11.9 Å². The van der Waals surface area contributed by atoms with E-state index in [9.17, 15) is 5.26 Å². The van der Waals surface area contributed by atoms with Gasteiger partial charge in [-0.15, -0.1) is 0 Å². The maximum Gasteiger partial charge on any atom is 0.139 e. The first-order valence-corrected chi connectivity index (χ1v) is 8.51. The molecule has 0 bridgehead atoms. The van der Waals surface area contributed by atoms with Gasteiger partial charge in [0.15, 0.2) is 0 Å². The van der Waals surface area contributed by atoms with E-state index in [-0.39, 0.29) is 6.10 Å². The maximum atomic E-state index is 9.31. The fourth-order valence-corrected chi connectivity index (χ4v) is 2.84. The molecule has 1 atom stereocenters. The standard InChI is InChI=1S/C20H18ClN3O/c21-18-9-8-17(14-22)20(13-18)25-19(16-5-2-1-3-6-16)7-4-11-24-12-10-23-15-24/h1-3,5-6,8-10,12-13,15,19H,4,7,11H2/t19-/m1/s1. The third-order valence-corrected chi connectivity index (χ3v) is 4.18. The van der Waals surface area contributed by atoms with Crippen LogP contribution in [-0.4, -0.2) is 9.55 Å². The van der Waals surface area contributed by atoms with Gasteiger partial charge in [-0.25, -0.2) is 4.98 Å². The number of nitrogens with zero attached hydrogens (tertiary/aromatic N) is 3. The molecule has 0 aliphatic carbocycles. The van der Waals surface area contributed by atoms with Crippen molar-refractivity contribution in [3.8, 4) is 11.8 Å². The van der Waals surface area contributed by atoms with Crippen LogP contribution in [0.15, 0.2) is 67.3 Å². The Balaban J connectivity index is 1.77. The Kier molecular flexibility index (Phi) is 5.71. The Labute approximate surface area is 152 Å². The number of aromatic nitrogens is 2. The monoisotopic (exact) mass is 351 g/mol. The van der Waals surface area contributed by atoms with Crippen molar-refractivity contribution in [2.45, 2.75) is 25.5 Å². The molecule has 25 heavy (non-hydrogen) atoms. The highest BCUT2D eigenvalue weighted by molar-refractivity contribution is 6.30. The molecule has 0 aliphatic rings. The second-order valence-electron chi connectivity index (χ2n) is 5.71. The Morgan fingerprint density at radius 1 is 1.20 bits per heavy atom. The van der Waals surface area contributed by atoms with Crippen LogP contribution < -0.4 is 4.74 Å². The van der Waals surface area contributed by atoms with Crippen molar-refractivity contribution in [3.05, 3.63) is 83.4 Å². The number of hydrogen-bond donors (Lipinski definition) is 0. The van der Waals surface area contributed by atoms with Crippen molar-refractivity contribution in [1.82, 2.24) is 9.55 Å². The van der Waals surface area contributed by atoms with Crippen molar-refractivity contribution in [3.63, 3.8) is 0 Å². The molecule has 126 valence electrons. The van der Waals surface area contributed by atoms with Crippen LogP contribution in [0, 0.1) is 11.3 Å². The van der Waals surface area contributed by atoms with E-state index in [1.807, 2.05) is 47.4 Å². The van der Waals surface area contributed by atoms with Crippen LogP contribution in [0.3, 0.4) is 0 Å². The molecule has 4 nitrogen and oxygen atoms in total. The van der Waals surface area contributed by atoms with Crippen LogP contribution in [0.2, 0.25) is 5.02 Å². The number of aryl methyl sites for hydroxylation is 1. The molecule has 0 radical (unpaired) electrons. The third kappa shape index (κ3) is 4.62. The van der Waals surface area contributed by atoms with Crippen molar-refractivity contribution >= 4 is 11.6 Å². The lowest BCUT2D eigenvalue weighted by Gasteiger charge is -2.20. The summed E-state index contributed by atoms with van der Waals surface area (Å²) in [4.78, 5) is 4.06. The molecule has 0 unspecified atom stereocenters. The van der Waals surface area contributed by atoms with Crippen LogP contribution in [0.4, 0.5) is 0 Å². The Bertz CT molecular complexity index is 841. The molecule has 0 saturated heterocycles. The molecule has 1 aromatic heterocycles. The quantitative estimate of drug-likeness (QED) is 0.601. The van der Waals surface area contributed by atoms with E-state index in [1.165, 1.54) is 0 Å². The number of ether oxygens (including phenoxy) is 1. The third-order valence-electron chi connectivity index (χ3n) is 3.95. The van der Waals surface area contributed by atoms with Crippen molar-refractivity contribution < 1.29 is 4.74 Å². The summed E-state index contributed by atoms with van der Waals surface area (Å²) in [6.45, 7) is 0.868. The minimum absolute atomic E-state index is 0.143. The molecule has 0 spiro atoms.